The molecule has 8 heteroatoms. The van der Waals surface area contributed by atoms with E-state index in [1.54, 1.807) is 0 Å². The molecule has 0 amide bonds. The average Bonchev–Trinajstić information content (AvgIpc) is 2.73. The van der Waals surface area contributed by atoms with Gasteiger partial charge in [-0.25, -0.2) is 0 Å². The third-order valence-corrected chi connectivity index (χ3v) is 5.13. The quantitative estimate of drug-likeness (QED) is 0.823. The minimum Gasteiger partial charge on any atom is -0.378 e. The number of para-hydroxylation sites is 1. The monoisotopic (exact) mass is 369 g/mol. The Bertz CT molecular complexity index is 728. The van der Waals surface area contributed by atoms with Crippen molar-refractivity contribution in [3.05, 3.63) is 36.2 Å². The van der Waals surface area contributed by atoms with Crippen LogP contribution in [0, 0.1) is 0 Å². The predicted octanol–water partition coefficient (Wildman–Crippen LogP) is 0.655. The van der Waals surface area contributed by atoms with Crippen molar-refractivity contribution in [1.82, 2.24) is 19.9 Å². The fraction of sp³-hybridized carbons (Fsp3) is 0.526. The maximum absolute atomic E-state index is 5.92. The average molecular weight is 369 g/mol. The Balaban J connectivity index is 1.31. The summed E-state index contributed by atoms with van der Waals surface area (Å²) >= 11 is 0. The second-order valence-electron chi connectivity index (χ2n) is 6.92. The molecule has 0 spiro atoms. The summed E-state index contributed by atoms with van der Waals surface area (Å²) in [5.74, 6) is 1.75. The molecule has 0 aliphatic carbocycles. The van der Waals surface area contributed by atoms with E-state index in [0.717, 1.165) is 58.1 Å². The molecule has 2 aliphatic rings. The lowest BCUT2D eigenvalue weighted by atomic mass is 10.2. The molecule has 0 saturated carbocycles. The number of hydrogen-bond donors (Lipinski definition) is 1. The van der Waals surface area contributed by atoms with E-state index in [4.69, 9.17) is 10.5 Å². The maximum atomic E-state index is 5.92. The number of benzene rings is 1. The molecule has 4 rings (SSSR count). The predicted molar refractivity (Wildman–Crippen MR) is 106 cm³/mol. The molecular weight excluding hydrogens is 342 g/mol. The first-order chi connectivity index (χ1) is 13.3. The van der Waals surface area contributed by atoms with Gasteiger partial charge in [0.2, 0.25) is 11.9 Å². The number of aromatic nitrogens is 3. The normalized spacial score (nSPS) is 18.7. The minimum atomic E-state index is 0.301. The van der Waals surface area contributed by atoms with Crippen LogP contribution < -0.4 is 15.5 Å². The molecule has 0 bridgehead atoms. The van der Waals surface area contributed by atoms with Gasteiger partial charge in [0.1, 0.15) is 5.82 Å². The zero-order valence-electron chi connectivity index (χ0n) is 15.6. The topological polar surface area (TPSA) is 83.6 Å². The number of hydrogen-bond acceptors (Lipinski definition) is 8. The number of nitrogens with two attached hydrogens (primary N) is 1. The number of nitrogen functional groups attached to an aromatic ring is 1. The van der Waals surface area contributed by atoms with Gasteiger partial charge in [0.15, 0.2) is 0 Å². The fourth-order valence-corrected chi connectivity index (χ4v) is 3.57. The summed E-state index contributed by atoms with van der Waals surface area (Å²) in [6.45, 7) is 8.12. The van der Waals surface area contributed by atoms with Gasteiger partial charge >= 0.3 is 0 Å². The van der Waals surface area contributed by atoms with Crippen LogP contribution in [0.3, 0.4) is 0 Å². The van der Waals surface area contributed by atoms with E-state index in [2.05, 4.69) is 60.0 Å². The lowest BCUT2D eigenvalue weighted by Gasteiger charge is -2.36. The SMILES string of the molecule is Nc1nc(CCN2CCN(c3ccccc3)CC2)nc(N2CCOCC2)n1. The third-order valence-electron chi connectivity index (χ3n) is 5.13. The van der Waals surface area contributed by atoms with Gasteiger partial charge in [-0.3, -0.25) is 4.90 Å². The van der Waals surface area contributed by atoms with E-state index in [0.29, 0.717) is 25.1 Å². The van der Waals surface area contributed by atoms with E-state index in [1.165, 1.54) is 5.69 Å². The van der Waals surface area contributed by atoms with E-state index < -0.39 is 0 Å². The van der Waals surface area contributed by atoms with Crippen molar-refractivity contribution in [2.24, 2.45) is 0 Å². The van der Waals surface area contributed by atoms with Gasteiger partial charge in [-0.05, 0) is 12.1 Å². The number of piperazine rings is 1. The molecule has 1 aromatic carbocycles. The number of morpholine rings is 1. The van der Waals surface area contributed by atoms with Crippen LogP contribution in [0.25, 0.3) is 0 Å². The molecule has 2 aliphatic heterocycles. The van der Waals surface area contributed by atoms with Gasteiger partial charge < -0.3 is 20.3 Å². The molecule has 27 heavy (non-hydrogen) atoms. The Kier molecular flexibility index (Phi) is 5.64. The van der Waals surface area contributed by atoms with E-state index in [1.807, 2.05) is 0 Å². The van der Waals surface area contributed by atoms with Crippen molar-refractivity contribution >= 4 is 17.6 Å². The second kappa shape index (κ2) is 8.49. The molecule has 8 nitrogen and oxygen atoms in total. The minimum absolute atomic E-state index is 0.301. The van der Waals surface area contributed by atoms with E-state index in [-0.39, 0.29) is 0 Å². The zero-order chi connectivity index (χ0) is 18.5. The highest BCUT2D eigenvalue weighted by atomic mass is 16.5. The maximum Gasteiger partial charge on any atom is 0.230 e. The van der Waals surface area contributed by atoms with Crippen LogP contribution in [0.15, 0.2) is 30.3 Å². The van der Waals surface area contributed by atoms with Gasteiger partial charge in [0.25, 0.3) is 0 Å². The van der Waals surface area contributed by atoms with Crippen molar-refractivity contribution < 1.29 is 4.74 Å². The molecule has 0 radical (unpaired) electrons. The number of nitrogens with zero attached hydrogens (tertiary/aromatic N) is 6. The Morgan fingerprint density at radius 2 is 1.59 bits per heavy atom. The molecule has 2 aromatic rings. The molecule has 3 heterocycles. The summed E-state index contributed by atoms with van der Waals surface area (Å²) in [4.78, 5) is 20.3. The first kappa shape index (κ1) is 17.9. The largest absolute Gasteiger partial charge is 0.378 e. The summed E-state index contributed by atoms with van der Waals surface area (Å²) in [7, 11) is 0. The van der Waals surface area contributed by atoms with E-state index >= 15 is 0 Å². The highest BCUT2D eigenvalue weighted by molar-refractivity contribution is 5.46. The molecule has 2 saturated heterocycles. The fourth-order valence-electron chi connectivity index (χ4n) is 3.57. The Hall–Kier alpha value is -2.45. The molecule has 0 unspecified atom stereocenters. The summed E-state index contributed by atoms with van der Waals surface area (Å²) < 4.78 is 5.39. The van der Waals surface area contributed by atoms with Crippen LogP contribution in [0.1, 0.15) is 5.82 Å². The van der Waals surface area contributed by atoms with Crippen LogP contribution in [0.5, 0.6) is 0 Å². The smallest absolute Gasteiger partial charge is 0.230 e. The van der Waals surface area contributed by atoms with Crippen LogP contribution in [0.4, 0.5) is 17.6 Å². The molecule has 1 aromatic heterocycles. The summed E-state index contributed by atoms with van der Waals surface area (Å²) in [5.41, 5.74) is 7.22. The van der Waals surface area contributed by atoms with Crippen LogP contribution >= 0.6 is 0 Å². The Labute approximate surface area is 160 Å². The van der Waals surface area contributed by atoms with Crippen molar-refractivity contribution in [3.63, 3.8) is 0 Å². The zero-order valence-corrected chi connectivity index (χ0v) is 15.6. The van der Waals surface area contributed by atoms with Crippen molar-refractivity contribution in [2.45, 2.75) is 6.42 Å². The van der Waals surface area contributed by atoms with Crippen LogP contribution in [-0.4, -0.2) is 78.9 Å². The second-order valence-corrected chi connectivity index (χ2v) is 6.92. The van der Waals surface area contributed by atoms with E-state index in [9.17, 15) is 0 Å². The molecule has 0 atom stereocenters. The van der Waals surface area contributed by atoms with Gasteiger partial charge in [-0.15, -0.1) is 0 Å². The molecule has 2 fully saturated rings. The lowest BCUT2D eigenvalue weighted by molar-refractivity contribution is 0.122. The van der Waals surface area contributed by atoms with Crippen molar-refractivity contribution in [1.29, 1.82) is 0 Å². The number of rotatable bonds is 5. The molecule has 144 valence electrons. The number of ether oxygens (including phenoxy) is 1. The first-order valence-electron chi connectivity index (χ1n) is 9.63. The Morgan fingerprint density at radius 1 is 0.852 bits per heavy atom. The lowest BCUT2D eigenvalue weighted by Crippen LogP contribution is -2.47. The first-order valence-corrected chi connectivity index (χ1v) is 9.63. The standard InChI is InChI=1S/C19H27N7O/c20-18-21-17(22-19(23-18)26-12-14-27-15-13-26)6-7-24-8-10-25(11-9-24)16-4-2-1-3-5-16/h1-5H,6-15H2,(H2,20,21,22,23). The van der Waals surface area contributed by atoms with Crippen LogP contribution in [0.2, 0.25) is 0 Å². The van der Waals surface area contributed by atoms with Gasteiger partial charge in [-0.1, -0.05) is 18.2 Å². The van der Waals surface area contributed by atoms with Crippen molar-refractivity contribution in [3.8, 4) is 0 Å². The highest BCUT2D eigenvalue weighted by Crippen LogP contribution is 2.16. The van der Waals surface area contributed by atoms with Gasteiger partial charge in [0, 0.05) is 57.9 Å². The summed E-state index contributed by atoms with van der Waals surface area (Å²) in [6.07, 6.45) is 0.787. The summed E-state index contributed by atoms with van der Waals surface area (Å²) in [5, 5.41) is 0. The third kappa shape index (κ3) is 4.64. The summed E-state index contributed by atoms with van der Waals surface area (Å²) in [6, 6.07) is 10.6. The van der Waals surface area contributed by atoms with Crippen molar-refractivity contribution in [2.75, 3.05) is 74.6 Å². The van der Waals surface area contributed by atoms with Gasteiger partial charge in [0.05, 0.1) is 13.2 Å². The van der Waals surface area contributed by atoms with Gasteiger partial charge in [-0.2, -0.15) is 15.0 Å². The number of anilines is 3. The molecule has 2 N–H and O–H groups in total. The van der Waals surface area contributed by atoms with Crippen LogP contribution in [-0.2, 0) is 11.2 Å². The Morgan fingerprint density at radius 3 is 2.33 bits per heavy atom. The highest BCUT2D eigenvalue weighted by Gasteiger charge is 2.19. The molecular formula is C19H27N7O.